The molecule has 10 fully saturated rings. The average molecular weight is 340 g/mol. The van der Waals surface area contributed by atoms with E-state index in [0.29, 0.717) is 0 Å². The van der Waals surface area contributed by atoms with Gasteiger partial charge in [0.25, 0.3) is 0 Å². The summed E-state index contributed by atoms with van der Waals surface area (Å²) < 4.78 is 3.44. The molecule has 10 saturated heterocycles. The van der Waals surface area contributed by atoms with Gasteiger partial charge in [0.1, 0.15) is 0 Å². The molecule has 22 heavy (non-hydrogen) atoms. The molecule has 0 aromatic heterocycles. The van der Waals surface area contributed by atoms with Crippen LogP contribution in [0.3, 0.4) is 0 Å². The van der Waals surface area contributed by atoms with Crippen molar-refractivity contribution in [3.63, 3.8) is 0 Å². The summed E-state index contributed by atoms with van der Waals surface area (Å²) in [6, 6.07) is 0. The maximum atomic E-state index is 2.55. The van der Waals surface area contributed by atoms with Crippen LogP contribution in [-0.2, 0) is 6.51 Å². The van der Waals surface area contributed by atoms with Crippen molar-refractivity contribution < 1.29 is 6.51 Å². The molecule has 10 heterocycles. The Morgan fingerprint density at radius 3 is 1.64 bits per heavy atom. The van der Waals surface area contributed by atoms with Gasteiger partial charge in [-0.1, -0.05) is 0 Å². The van der Waals surface area contributed by atoms with Gasteiger partial charge in [-0.05, 0) is 0 Å². The van der Waals surface area contributed by atoms with E-state index in [1.165, 1.54) is 53.0 Å². The first-order chi connectivity index (χ1) is 10.5. The van der Waals surface area contributed by atoms with Gasteiger partial charge in [-0.2, -0.15) is 0 Å². The molecule has 0 radical (unpaired) electrons. The second-order valence-electron chi connectivity index (χ2n) is 13.2. The molecule has 5 atom stereocenters. The Balaban J connectivity index is 1.37. The van der Waals surface area contributed by atoms with Gasteiger partial charge in [0.15, 0.2) is 0 Å². The fourth-order valence-corrected chi connectivity index (χ4v) is 103. The van der Waals surface area contributed by atoms with Crippen molar-refractivity contribution >= 4 is 0 Å². The summed E-state index contributed by atoms with van der Waals surface area (Å²) in [5, 5.41) is 0. The average Bonchev–Trinajstić information content (AvgIpc) is 3.46. The van der Waals surface area contributed by atoms with Gasteiger partial charge in [0.2, 0.25) is 0 Å². The number of fused-ring (bicyclic) bond motifs is 10. The number of unbranched alkanes of at least 4 members (excludes halogenated alkanes) is 2. The molecule has 0 saturated carbocycles. The minimum absolute atomic E-state index is 1.14. The third kappa shape index (κ3) is 0.120. The van der Waals surface area contributed by atoms with E-state index in [0.717, 1.165) is 12.9 Å². The van der Waals surface area contributed by atoms with Crippen molar-refractivity contribution in [1.29, 1.82) is 0 Å². The Morgan fingerprint density at radius 1 is 0.636 bits per heavy atom. The van der Waals surface area contributed by atoms with E-state index in [1.807, 2.05) is 0 Å². The molecule has 0 N–H and O–H groups in total. The molecule has 0 bridgehead atoms. The molecule has 0 nitrogen and oxygen atoms in total. The van der Waals surface area contributed by atoms with Gasteiger partial charge in [0.05, 0.1) is 0 Å². The van der Waals surface area contributed by atoms with Crippen LogP contribution in [0.15, 0.2) is 0 Å². The van der Waals surface area contributed by atoms with Gasteiger partial charge in [-0.3, -0.25) is 0 Å². The molecular weight excluding hydrogens is 308 g/mol. The van der Waals surface area contributed by atoms with E-state index >= 15 is 0 Å². The molecule has 1 spiro atoms. The van der Waals surface area contributed by atoms with E-state index in [4.69, 9.17) is 0 Å². The molecule has 10 aliphatic rings. The van der Waals surface area contributed by atoms with Crippen LogP contribution in [-0.4, -0.2) is 0 Å². The third-order valence-corrected chi connectivity index (χ3v) is 63.6. The van der Waals surface area contributed by atoms with Crippen LogP contribution >= 0.6 is 0 Å². The zero-order valence-electron chi connectivity index (χ0n) is 14.6. The van der Waals surface area contributed by atoms with E-state index in [2.05, 4.69) is 20.8 Å². The monoisotopic (exact) mass is 340 g/mol. The number of rotatable bonds is 8. The van der Waals surface area contributed by atoms with Crippen LogP contribution in [0.25, 0.3) is 0 Å². The number of hydrogen-bond donors (Lipinski definition) is 0. The zero-order valence-corrected chi connectivity index (χ0v) is 15.7. The van der Waals surface area contributed by atoms with Crippen molar-refractivity contribution in [2.75, 3.05) is 0 Å². The van der Waals surface area contributed by atoms with Gasteiger partial charge in [0, 0.05) is 0 Å². The Kier molecular flexibility index (Phi) is 0.505. The van der Waals surface area contributed by atoms with Gasteiger partial charge < -0.3 is 0 Å². The van der Waals surface area contributed by atoms with Crippen molar-refractivity contribution in [3.05, 3.63) is 0 Å². The summed E-state index contributed by atoms with van der Waals surface area (Å²) in [4.78, 5) is 10.6. The predicted octanol–water partition coefficient (Wildman–Crippen LogP) is 7.67. The van der Waals surface area contributed by atoms with E-state index in [9.17, 15) is 0 Å². The molecule has 124 valence electrons. The molecule has 1 heteroatoms. The topological polar surface area (TPSA) is 0 Å². The first-order valence-corrected chi connectivity index (χ1v) is 16.8. The normalized spacial score (nSPS) is 102. The molecule has 10 rings (SSSR count). The molecule has 10 aliphatic heterocycles. The molecular formula is C21H32Fe. The summed E-state index contributed by atoms with van der Waals surface area (Å²) in [6.45, 7) is 4.40. The molecule has 0 aromatic rings. The molecule has 0 aromatic carbocycles. The number of hydrogen-bond acceptors (Lipinski definition) is 0. The maximum absolute atomic E-state index is 3.10. The fourth-order valence-electron chi connectivity index (χ4n) is 21.9. The second-order valence-corrected chi connectivity index (χ2v) is 36.4. The summed E-state index contributed by atoms with van der Waals surface area (Å²) >= 11 is 0. The van der Waals surface area contributed by atoms with Gasteiger partial charge >= 0.3 is 125 Å². The van der Waals surface area contributed by atoms with E-state index in [1.54, 1.807) is 32.1 Å². The Bertz CT molecular complexity index is 1070. The molecule has 0 aliphatic carbocycles. The first kappa shape index (κ1) is 10.5. The summed E-state index contributed by atoms with van der Waals surface area (Å²) in [5.41, 5.74) is 0. The van der Waals surface area contributed by atoms with Gasteiger partial charge in [-0.15, -0.1) is 0 Å². The Labute approximate surface area is 125 Å². The minimum atomic E-state index is -3.10. The Hall–Kier alpha value is 0.519. The summed E-state index contributed by atoms with van der Waals surface area (Å²) in [7, 11) is 0. The van der Waals surface area contributed by atoms with E-state index < -0.39 is 6.51 Å². The summed E-state index contributed by atoms with van der Waals surface area (Å²) in [5.74, 6) is 0. The van der Waals surface area contributed by atoms with Gasteiger partial charge in [-0.25, -0.2) is 0 Å². The van der Waals surface area contributed by atoms with Crippen LogP contribution in [0.2, 0.25) is 46.7 Å². The second kappa shape index (κ2) is 1.06. The zero-order chi connectivity index (χ0) is 14.5. The molecule has 0 amide bonds. The SMILES string of the molecule is CCCCC[C]12[CH]3[CH]4[C]5(CCC)[C]1(CCC)[Fe]43521678[CH]2[CH]1[CH]6[CH]7[CH]28. The van der Waals surface area contributed by atoms with Crippen molar-refractivity contribution in [2.24, 2.45) is 0 Å². The van der Waals surface area contributed by atoms with Crippen LogP contribution < -0.4 is 0 Å². The van der Waals surface area contributed by atoms with Crippen LogP contribution in [0.5, 0.6) is 0 Å². The van der Waals surface area contributed by atoms with Crippen molar-refractivity contribution in [3.8, 4) is 0 Å². The molecule has 5 unspecified atom stereocenters. The van der Waals surface area contributed by atoms with E-state index in [-0.39, 0.29) is 0 Å². The quantitative estimate of drug-likeness (QED) is 0.314. The standard InChI is InChI=1S/C16H27.C5H5.Fe/c1-4-7-8-11-15-13-12-14(9-5-2)16(15)10-6-3;1-2-4-5-3-1;/h12-13H,4-11H2,1-3H3;1-5H;. The Morgan fingerprint density at radius 2 is 1.18 bits per heavy atom. The van der Waals surface area contributed by atoms with Crippen LogP contribution in [0.4, 0.5) is 0 Å². The van der Waals surface area contributed by atoms with Crippen molar-refractivity contribution in [2.45, 2.75) is 119 Å². The fraction of sp³-hybridized carbons (Fsp3) is 1.00. The summed E-state index contributed by atoms with van der Waals surface area (Å²) in [6.07, 6.45) is 13.0. The third-order valence-electron chi connectivity index (χ3n) is 18.4. The van der Waals surface area contributed by atoms with Crippen LogP contribution in [0, 0.1) is 0 Å². The predicted molar refractivity (Wildman–Crippen MR) is 88.3 cm³/mol. The van der Waals surface area contributed by atoms with Crippen LogP contribution in [0.1, 0.15) is 72.1 Å². The van der Waals surface area contributed by atoms with Crippen molar-refractivity contribution in [1.82, 2.24) is 0 Å². The first-order valence-electron chi connectivity index (χ1n) is 10.7.